The number of nitrogens with zero attached hydrogens (tertiary/aromatic N) is 5. The van der Waals surface area contributed by atoms with Crippen LogP contribution in [0.3, 0.4) is 0 Å². The zero-order valence-electron chi connectivity index (χ0n) is 12.4. The van der Waals surface area contributed by atoms with E-state index in [2.05, 4.69) is 29.8 Å². The highest BCUT2D eigenvalue weighted by Gasteiger charge is 2.15. The second kappa shape index (κ2) is 6.78. The van der Waals surface area contributed by atoms with Gasteiger partial charge in [0.2, 0.25) is 5.95 Å². The minimum absolute atomic E-state index is 0.161. The van der Waals surface area contributed by atoms with Crippen molar-refractivity contribution in [2.45, 2.75) is 32.7 Å². The minimum atomic E-state index is -0.161. The number of rotatable bonds is 4. The monoisotopic (exact) mass is 318 g/mol. The smallest absolute Gasteiger partial charge is 0.265 e. The van der Waals surface area contributed by atoms with Crippen LogP contribution in [0, 0.1) is 6.92 Å². The van der Waals surface area contributed by atoms with E-state index in [4.69, 9.17) is 0 Å². The Kier molecular flexibility index (Phi) is 4.57. The molecule has 1 aliphatic heterocycles. The van der Waals surface area contributed by atoms with Crippen LogP contribution in [-0.2, 0) is 6.54 Å². The number of carbonyl (C=O) groups excluding carboxylic acids is 1. The molecule has 0 saturated carbocycles. The zero-order valence-corrected chi connectivity index (χ0v) is 13.3. The van der Waals surface area contributed by atoms with Crippen molar-refractivity contribution < 1.29 is 4.79 Å². The first-order valence-electron chi connectivity index (χ1n) is 7.38. The van der Waals surface area contributed by atoms with E-state index in [9.17, 15) is 4.79 Å². The summed E-state index contributed by atoms with van der Waals surface area (Å²) in [4.78, 5) is 23.7. The summed E-state index contributed by atoms with van der Waals surface area (Å²) >= 11 is 1.10. The average Bonchev–Trinajstić information content (AvgIpc) is 3.00. The van der Waals surface area contributed by atoms with Crippen molar-refractivity contribution in [1.29, 1.82) is 0 Å². The molecule has 1 aliphatic rings. The molecule has 2 aromatic rings. The Morgan fingerprint density at radius 2 is 2.18 bits per heavy atom. The molecule has 0 atom stereocenters. The zero-order chi connectivity index (χ0) is 15.4. The first-order chi connectivity index (χ1) is 10.7. The number of amides is 1. The normalized spacial score (nSPS) is 14.9. The molecule has 8 heteroatoms. The Morgan fingerprint density at radius 1 is 1.36 bits per heavy atom. The molecule has 116 valence electrons. The summed E-state index contributed by atoms with van der Waals surface area (Å²) in [6.45, 7) is 4.15. The van der Waals surface area contributed by atoms with Crippen LogP contribution in [-0.4, -0.2) is 38.6 Å². The Morgan fingerprint density at radius 3 is 2.91 bits per heavy atom. The maximum Gasteiger partial charge on any atom is 0.265 e. The summed E-state index contributed by atoms with van der Waals surface area (Å²) in [5.74, 6) is 0.590. The van der Waals surface area contributed by atoms with Crippen LogP contribution in [0.5, 0.6) is 0 Å². The number of hydrogen-bond donors (Lipinski definition) is 1. The lowest BCUT2D eigenvalue weighted by molar-refractivity contribution is 0.0953. The van der Waals surface area contributed by atoms with Gasteiger partial charge in [0.15, 0.2) is 0 Å². The molecular formula is C14H18N6OS. The number of nitrogens with one attached hydrogen (secondary N) is 1. The molecule has 3 rings (SSSR count). The molecule has 2 aromatic heterocycles. The number of piperidine rings is 1. The molecule has 0 aliphatic carbocycles. The number of hydrogen-bond acceptors (Lipinski definition) is 7. The van der Waals surface area contributed by atoms with E-state index >= 15 is 0 Å². The summed E-state index contributed by atoms with van der Waals surface area (Å²) in [7, 11) is 0. The van der Waals surface area contributed by atoms with Crippen molar-refractivity contribution in [3.05, 3.63) is 28.5 Å². The Hall–Kier alpha value is -2.09. The second-order valence-corrected chi connectivity index (χ2v) is 6.02. The molecule has 0 unspecified atom stereocenters. The van der Waals surface area contributed by atoms with Gasteiger partial charge in [0.05, 0.1) is 17.9 Å². The molecule has 0 spiro atoms. The van der Waals surface area contributed by atoms with E-state index in [1.807, 2.05) is 6.07 Å². The van der Waals surface area contributed by atoms with Crippen molar-refractivity contribution in [3.8, 4) is 0 Å². The largest absolute Gasteiger partial charge is 0.346 e. The Bertz CT molecular complexity index is 652. The fourth-order valence-corrected chi connectivity index (χ4v) is 2.99. The van der Waals surface area contributed by atoms with E-state index in [-0.39, 0.29) is 5.91 Å². The second-order valence-electron chi connectivity index (χ2n) is 5.27. The maximum absolute atomic E-state index is 12.1. The summed E-state index contributed by atoms with van der Waals surface area (Å²) in [6, 6.07) is 1.82. The third-order valence-electron chi connectivity index (χ3n) is 3.63. The van der Waals surface area contributed by atoms with Gasteiger partial charge < -0.3 is 10.2 Å². The highest BCUT2D eigenvalue weighted by Crippen LogP contribution is 2.15. The van der Waals surface area contributed by atoms with Gasteiger partial charge in [-0.3, -0.25) is 4.79 Å². The van der Waals surface area contributed by atoms with Gasteiger partial charge in [-0.2, -0.15) is 0 Å². The summed E-state index contributed by atoms with van der Waals surface area (Å²) in [5, 5.41) is 6.70. The molecule has 1 N–H and O–H groups in total. The van der Waals surface area contributed by atoms with Gasteiger partial charge in [-0.15, -0.1) is 5.10 Å². The fourth-order valence-electron chi connectivity index (χ4n) is 2.42. The van der Waals surface area contributed by atoms with Crippen LogP contribution >= 0.6 is 11.5 Å². The predicted octanol–water partition coefficient (Wildman–Crippen LogP) is 1.56. The van der Waals surface area contributed by atoms with Gasteiger partial charge in [-0.1, -0.05) is 4.49 Å². The molecule has 1 amide bonds. The fraction of sp³-hybridized carbons (Fsp3) is 0.500. The lowest BCUT2D eigenvalue weighted by Crippen LogP contribution is -2.31. The van der Waals surface area contributed by atoms with Crippen molar-refractivity contribution in [2.75, 3.05) is 18.0 Å². The average molecular weight is 318 g/mol. The Balaban J connectivity index is 1.63. The molecule has 22 heavy (non-hydrogen) atoms. The number of carbonyl (C=O) groups is 1. The number of aryl methyl sites for hydroxylation is 1. The highest BCUT2D eigenvalue weighted by atomic mass is 32.1. The van der Waals surface area contributed by atoms with Crippen molar-refractivity contribution in [3.63, 3.8) is 0 Å². The van der Waals surface area contributed by atoms with Gasteiger partial charge in [-0.25, -0.2) is 9.97 Å². The Labute approximate surface area is 133 Å². The SMILES string of the molecule is Cc1nnsc1C(=O)NCc1ccnc(N2CCCCC2)n1. The van der Waals surface area contributed by atoms with Gasteiger partial charge in [0.25, 0.3) is 5.91 Å². The molecule has 1 saturated heterocycles. The maximum atomic E-state index is 12.1. The molecule has 0 aromatic carbocycles. The quantitative estimate of drug-likeness (QED) is 0.921. The van der Waals surface area contributed by atoms with Crippen LogP contribution in [0.2, 0.25) is 0 Å². The summed E-state index contributed by atoms with van der Waals surface area (Å²) < 4.78 is 3.77. The standard InChI is InChI=1S/C14H18N6OS/c1-10-12(22-19-18-10)13(21)16-9-11-5-6-15-14(17-11)20-7-3-2-4-8-20/h5-6H,2-4,7-9H2,1H3,(H,16,21). The van der Waals surface area contributed by atoms with Crippen LogP contribution in [0.25, 0.3) is 0 Å². The summed E-state index contributed by atoms with van der Waals surface area (Å²) in [5.41, 5.74) is 1.46. The highest BCUT2D eigenvalue weighted by molar-refractivity contribution is 7.07. The van der Waals surface area contributed by atoms with Crippen LogP contribution in [0.4, 0.5) is 5.95 Å². The third-order valence-corrected chi connectivity index (χ3v) is 4.45. The molecule has 0 bridgehead atoms. The van der Waals surface area contributed by atoms with E-state index in [0.717, 1.165) is 36.3 Å². The van der Waals surface area contributed by atoms with Crippen molar-refractivity contribution in [1.82, 2.24) is 24.9 Å². The van der Waals surface area contributed by atoms with E-state index in [0.29, 0.717) is 17.1 Å². The van der Waals surface area contributed by atoms with Crippen LogP contribution in [0.1, 0.15) is 40.3 Å². The summed E-state index contributed by atoms with van der Waals surface area (Å²) in [6.07, 6.45) is 5.39. The van der Waals surface area contributed by atoms with Crippen LogP contribution < -0.4 is 10.2 Å². The van der Waals surface area contributed by atoms with Crippen LogP contribution in [0.15, 0.2) is 12.3 Å². The molecule has 7 nitrogen and oxygen atoms in total. The first kappa shape index (κ1) is 14.8. The van der Waals surface area contributed by atoms with E-state index < -0.39 is 0 Å². The molecule has 3 heterocycles. The van der Waals surface area contributed by atoms with E-state index in [1.54, 1.807) is 13.1 Å². The lowest BCUT2D eigenvalue weighted by Gasteiger charge is -2.26. The first-order valence-corrected chi connectivity index (χ1v) is 8.15. The van der Waals surface area contributed by atoms with Gasteiger partial charge in [-0.05, 0) is 43.8 Å². The van der Waals surface area contributed by atoms with Gasteiger partial charge in [0, 0.05) is 19.3 Å². The van der Waals surface area contributed by atoms with Gasteiger partial charge >= 0.3 is 0 Å². The molecule has 0 radical (unpaired) electrons. The van der Waals surface area contributed by atoms with Gasteiger partial charge in [0.1, 0.15) is 4.88 Å². The third kappa shape index (κ3) is 3.38. The molecule has 1 fully saturated rings. The predicted molar refractivity (Wildman–Crippen MR) is 83.9 cm³/mol. The number of aromatic nitrogens is 4. The topological polar surface area (TPSA) is 83.9 Å². The minimum Gasteiger partial charge on any atom is -0.346 e. The van der Waals surface area contributed by atoms with Crippen molar-refractivity contribution in [2.24, 2.45) is 0 Å². The lowest BCUT2D eigenvalue weighted by atomic mass is 10.1. The van der Waals surface area contributed by atoms with Crippen molar-refractivity contribution >= 4 is 23.4 Å². The molecular weight excluding hydrogens is 300 g/mol. The number of anilines is 1. The van der Waals surface area contributed by atoms with E-state index in [1.165, 1.54) is 19.3 Å².